The highest BCUT2D eigenvalue weighted by Gasteiger charge is 2.28. The normalized spacial score (nSPS) is 25.8. The van der Waals surface area contributed by atoms with E-state index in [4.69, 9.17) is 5.73 Å². The molecule has 13 heavy (non-hydrogen) atoms. The van der Waals surface area contributed by atoms with Crippen molar-refractivity contribution in [3.05, 3.63) is 0 Å². The molecule has 0 radical (unpaired) electrons. The van der Waals surface area contributed by atoms with Crippen molar-refractivity contribution < 1.29 is 0 Å². The highest BCUT2D eigenvalue weighted by atomic mass is 32.2. The zero-order valence-corrected chi connectivity index (χ0v) is 9.86. The van der Waals surface area contributed by atoms with Gasteiger partial charge in [-0.25, -0.2) is 0 Å². The third kappa shape index (κ3) is 3.49. The zero-order valence-electron chi connectivity index (χ0n) is 9.05. The van der Waals surface area contributed by atoms with Crippen LogP contribution in [-0.4, -0.2) is 41.1 Å². The third-order valence-electron chi connectivity index (χ3n) is 2.66. The topological polar surface area (TPSA) is 29.3 Å². The number of thioether (sulfide) groups is 1. The lowest BCUT2D eigenvalue weighted by atomic mass is 10.1. The van der Waals surface area contributed by atoms with E-state index in [0.29, 0.717) is 10.8 Å². The molecule has 78 valence electrons. The van der Waals surface area contributed by atoms with E-state index in [0.717, 1.165) is 13.0 Å². The van der Waals surface area contributed by atoms with Crippen LogP contribution in [0.2, 0.25) is 0 Å². The number of hydrogen-bond acceptors (Lipinski definition) is 3. The Kier molecular flexibility index (Phi) is 4.07. The highest BCUT2D eigenvalue weighted by molar-refractivity contribution is 8.00. The Morgan fingerprint density at radius 2 is 2.23 bits per heavy atom. The van der Waals surface area contributed by atoms with Crippen molar-refractivity contribution in [3.63, 3.8) is 0 Å². The minimum Gasteiger partial charge on any atom is -0.330 e. The first-order valence-corrected chi connectivity index (χ1v) is 6.12. The number of nitrogens with two attached hydrogens (primary N) is 1. The average Bonchev–Trinajstić information content (AvgIpc) is 2.03. The number of nitrogens with zero attached hydrogens (tertiary/aromatic N) is 1. The molecule has 1 rings (SSSR count). The van der Waals surface area contributed by atoms with Crippen molar-refractivity contribution in [2.75, 3.05) is 25.4 Å². The van der Waals surface area contributed by atoms with Gasteiger partial charge in [0.05, 0.1) is 0 Å². The fraction of sp³-hybridized carbons (Fsp3) is 1.00. The summed E-state index contributed by atoms with van der Waals surface area (Å²) in [7, 11) is 0. The summed E-state index contributed by atoms with van der Waals surface area (Å²) in [6.07, 6.45) is 1.13. The average molecular weight is 202 g/mol. The lowest BCUT2D eigenvalue weighted by Gasteiger charge is -2.40. The van der Waals surface area contributed by atoms with Gasteiger partial charge in [-0.15, -0.1) is 0 Å². The summed E-state index contributed by atoms with van der Waals surface area (Å²) in [5, 5.41) is 0. The summed E-state index contributed by atoms with van der Waals surface area (Å²) in [5.41, 5.74) is 5.57. The van der Waals surface area contributed by atoms with Crippen LogP contribution in [0.5, 0.6) is 0 Å². The molecule has 2 nitrogen and oxygen atoms in total. The van der Waals surface area contributed by atoms with Gasteiger partial charge in [0, 0.05) is 29.6 Å². The predicted octanol–water partition coefficient (Wildman–Crippen LogP) is 1.55. The zero-order chi connectivity index (χ0) is 9.90. The van der Waals surface area contributed by atoms with Crippen LogP contribution < -0.4 is 5.73 Å². The fourth-order valence-corrected chi connectivity index (χ4v) is 2.99. The second kappa shape index (κ2) is 4.67. The Morgan fingerprint density at radius 1 is 1.54 bits per heavy atom. The number of hydrogen-bond donors (Lipinski definition) is 1. The Morgan fingerprint density at radius 3 is 2.77 bits per heavy atom. The van der Waals surface area contributed by atoms with E-state index < -0.39 is 0 Å². The van der Waals surface area contributed by atoms with Crippen LogP contribution >= 0.6 is 11.8 Å². The van der Waals surface area contributed by atoms with E-state index >= 15 is 0 Å². The van der Waals surface area contributed by atoms with E-state index in [9.17, 15) is 0 Å². The van der Waals surface area contributed by atoms with Gasteiger partial charge >= 0.3 is 0 Å². The van der Waals surface area contributed by atoms with Gasteiger partial charge in [0.25, 0.3) is 0 Å². The molecule has 1 fully saturated rings. The smallest absolute Gasteiger partial charge is 0.0231 e. The summed E-state index contributed by atoms with van der Waals surface area (Å²) in [6.45, 7) is 10.2. The van der Waals surface area contributed by atoms with Gasteiger partial charge in [0.15, 0.2) is 0 Å². The molecule has 0 aliphatic carbocycles. The van der Waals surface area contributed by atoms with Crippen LogP contribution in [0.3, 0.4) is 0 Å². The molecule has 3 heteroatoms. The first kappa shape index (κ1) is 11.3. The van der Waals surface area contributed by atoms with Gasteiger partial charge in [-0.1, -0.05) is 0 Å². The van der Waals surface area contributed by atoms with Gasteiger partial charge in [-0.3, -0.25) is 4.90 Å². The van der Waals surface area contributed by atoms with Gasteiger partial charge in [0.1, 0.15) is 0 Å². The van der Waals surface area contributed by atoms with E-state index in [-0.39, 0.29) is 0 Å². The molecule has 1 heterocycles. The molecule has 0 aromatic heterocycles. The quantitative estimate of drug-likeness (QED) is 0.753. The summed E-state index contributed by atoms with van der Waals surface area (Å²) in [5.74, 6) is 1.27. The van der Waals surface area contributed by atoms with E-state index in [1.807, 2.05) is 0 Å². The van der Waals surface area contributed by atoms with Crippen molar-refractivity contribution in [2.45, 2.75) is 38.0 Å². The molecule has 1 unspecified atom stereocenters. The van der Waals surface area contributed by atoms with Gasteiger partial charge in [-0.2, -0.15) is 11.8 Å². The third-order valence-corrected chi connectivity index (χ3v) is 3.96. The van der Waals surface area contributed by atoms with Crippen LogP contribution in [0, 0.1) is 0 Å². The van der Waals surface area contributed by atoms with Crippen molar-refractivity contribution >= 4 is 11.8 Å². The van der Waals surface area contributed by atoms with Crippen LogP contribution in [0.25, 0.3) is 0 Å². The molecular formula is C10H22N2S. The molecule has 0 aromatic rings. The summed E-state index contributed by atoms with van der Waals surface area (Å²) >= 11 is 2.09. The van der Waals surface area contributed by atoms with Crippen LogP contribution in [0.15, 0.2) is 0 Å². The Labute approximate surface area is 86.2 Å². The minimum absolute atomic E-state index is 0.432. The van der Waals surface area contributed by atoms with E-state index in [2.05, 4.69) is 37.4 Å². The molecule has 0 saturated carbocycles. The molecule has 0 spiro atoms. The first-order valence-electron chi connectivity index (χ1n) is 5.13. The largest absolute Gasteiger partial charge is 0.330 e. The van der Waals surface area contributed by atoms with Crippen molar-refractivity contribution in [1.29, 1.82) is 0 Å². The standard InChI is InChI=1S/C10H22N2S/c1-9(4-5-11)12-6-7-13-10(2,3)8-12/h9H,4-8,11H2,1-3H3. The van der Waals surface area contributed by atoms with Crippen LogP contribution in [-0.2, 0) is 0 Å². The maximum Gasteiger partial charge on any atom is 0.0231 e. The fourth-order valence-electron chi connectivity index (χ4n) is 1.85. The van der Waals surface area contributed by atoms with Crippen molar-refractivity contribution in [2.24, 2.45) is 5.73 Å². The lowest BCUT2D eigenvalue weighted by molar-refractivity contribution is 0.192. The second-order valence-electron chi connectivity index (χ2n) is 4.51. The van der Waals surface area contributed by atoms with Crippen LogP contribution in [0.1, 0.15) is 27.2 Å². The first-order chi connectivity index (χ1) is 6.05. The van der Waals surface area contributed by atoms with Gasteiger partial charge < -0.3 is 5.73 Å². The van der Waals surface area contributed by atoms with E-state index in [1.165, 1.54) is 18.8 Å². The SMILES string of the molecule is CC(CCN)N1CCSC(C)(C)C1. The highest BCUT2D eigenvalue weighted by Crippen LogP contribution is 2.30. The molecule has 1 aliphatic heterocycles. The Hall–Kier alpha value is 0.270. The van der Waals surface area contributed by atoms with Gasteiger partial charge in [0.2, 0.25) is 0 Å². The molecule has 0 aromatic carbocycles. The Bertz CT molecular complexity index is 159. The molecule has 2 N–H and O–H groups in total. The summed E-state index contributed by atoms with van der Waals surface area (Å²) in [4.78, 5) is 2.57. The molecule has 1 aliphatic rings. The number of rotatable bonds is 3. The maximum atomic E-state index is 5.57. The minimum atomic E-state index is 0.432. The van der Waals surface area contributed by atoms with Crippen molar-refractivity contribution in [1.82, 2.24) is 4.90 Å². The van der Waals surface area contributed by atoms with Crippen molar-refractivity contribution in [3.8, 4) is 0 Å². The summed E-state index contributed by atoms with van der Waals surface area (Å²) < 4.78 is 0.432. The monoisotopic (exact) mass is 202 g/mol. The van der Waals surface area contributed by atoms with Gasteiger partial charge in [-0.05, 0) is 33.7 Å². The molecule has 0 bridgehead atoms. The summed E-state index contributed by atoms with van der Waals surface area (Å²) in [6, 6.07) is 0.658. The molecule has 1 atom stereocenters. The second-order valence-corrected chi connectivity index (χ2v) is 6.31. The van der Waals surface area contributed by atoms with E-state index in [1.54, 1.807) is 0 Å². The molecule has 0 amide bonds. The van der Waals surface area contributed by atoms with Crippen LogP contribution in [0.4, 0.5) is 0 Å². The Balaban J connectivity index is 2.42. The lowest BCUT2D eigenvalue weighted by Crippen LogP contribution is -2.47. The predicted molar refractivity (Wildman–Crippen MR) is 61.2 cm³/mol. The molecular weight excluding hydrogens is 180 g/mol. The molecule has 1 saturated heterocycles. The maximum absolute atomic E-state index is 5.57.